The normalized spacial score (nSPS) is 39.1. The van der Waals surface area contributed by atoms with Crippen LogP contribution in [0.25, 0.3) is 10.1 Å². The lowest BCUT2D eigenvalue weighted by atomic mass is 9.52. The number of anilines is 1. The van der Waals surface area contributed by atoms with E-state index in [4.69, 9.17) is 9.47 Å². The highest BCUT2D eigenvalue weighted by Gasteiger charge is 2.73. The van der Waals surface area contributed by atoms with Crippen molar-refractivity contribution in [2.75, 3.05) is 31.6 Å². The maximum absolute atomic E-state index is 18.6. The largest absolute Gasteiger partial charge is 0.444 e. The Morgan fingerprint density at radius 3 is 2.54 bits per heavy atom. The van der Waals surface area contributed by atoms with Gasteiger partial charge in [-0.25, -0.2) is 18.0 Å². The molecular formula is C44H57F6N7O3S. The number of carbonyl (C=O) groups excluding carboxylic acids is 1. The highest BCUT2D eigenvalue weighted by molar-refractivity contribution is 7.23. The molecule has 1 saturated carbocycles. The molecule has 1 amide bonds. The third-order valence-electron chi connectivity index (χ3n) is 15.1. The van der Waals surface area contributed by atoms with Crippen LogP contribution in [0.3, 0.4) is 0 Å². The van der Waals surface area contributed by atoms with Crippen molar-refractivity contribution in [2.24, 2.45) is 23.2 Å². The first-order valence-electron chi connectivity index (χ1n) is 21.7. The molecule has 13 atom stereocenters. The number of piperazine rings is 1. The van der Waals surface area contributed by atoms with E-state index >= 15 is 22.0 Å². The molecule has 7 heterocycles. The van der Waals surface area contributed by atoms with Gasteiger partial charge in [0, 0.05) is 66.4 Å². The van der Waals surface area contributed by atoms with Gasteiger partial charge in [-0.2, -0.15) is 18.4 Å². The molecule has 61 heavy (non-hydrogen) atoms. The van der Waals surface area contributed by atoms with Crippen LogP contribution in [-0.2, 0) is 9.47 Å². The highest BCUT2D eigenvalue weighted by atomic mass is 32.1. The van der Waals surface area contributed by atoms with E-state index in [9.17, 15) is 14.4 Å². The smallest absolute Gasteiger partial charge is 0.412 e. The number of rotatable bonds is 5. The molecule has 6 saturated heterocycles. The van der Waals surface area contributed by atoms with Crippen LogP contribution >= 0.6 is 11.3 Å². The first-order valence-corrected chi connectivity index (χ1v) is 22.5. The number of halogens is 6. The van der Waals surface area contributed by atoms with Crippen molar-refractivity contribution in [3.8, 4) is 6.07 Å². The number of fused-ring (bicyclic) bond motifs is 7. The van der Waals surface area contributed by atoms with E-state index in [1.807, 2.05) is 26.8 Å². The molecule has 7 fully saturated rings. The van der Waals surface area contributed by atoms with E-state index < -0.39 is 88.7 Å². The topological polar surface area (TPSA) is 114 Å². The van der Waals surface area contributed by atoms with Gasteiger partial charge in [-0.3, -0.25) is 25.8 Å². The molecule has 4 N–H and O–H groups in total. The summed E-state index contributed by atoms with van der Waals surface area (Å²) >= 11 is 0.691. The van der Waals surface area contributed by atoms with Crippen molar-refractivity contribution < 1.29 is 40.6 Å². The quantitative estimate of drug-likeness (QED) is 0.175. The number of benzene rings is 1. The zero-order chi connectivity index (χ0) is 43.8. The Morgan fingerprint density at radius 1 is 1.10 bits per heavy atom. The number of ether oxygens (including phenoxy) is 2. The SMILES string of the molecule is C=C1C[C@@H]2[C@@H]3CC[C@H](CN2C2(C(C)(C)C)NC(OC[C@@]45CCCN4C[C@H](F)C5)NC4C(F)C(c5ccc(F)c6sc(NC(=O)OC(C)(C)C)c(C#N)c56)C(C(F)(F)F)C1C42)N3. The molecule has 17 heteroatoms. The Bertz CT molecular complexity index is 2130. The van der Waals surface area contributed by atoms with E-state index in [1.54, 1.807) is 20.8 Å². The minimum atomic E-state index is -4.98. The predicted molar refractivity (Wildman–Crippen MR) is 220 cm³/mol. The maximum Gasteiger partial charge on any atom is 0.412 e. The first kappa shape index (κ1) is 43.3. The van der Waals surface area contributed by atoms with Crippen LogP contribution in [0.2, 0.25) is 0 Å². The Kier molecular flexibility index (Phi) is 10.5. The van der Waals surface area contributed by atoms with Gasteiger partial charge < -0.3 is 14.8 Å². The fourth-order valence-electron chi connectivity index (χ4n) is 13.0. The molecule has 1 aliphatic carbocycles. The maximum atomic E-state index is 18.6. The minimum absolute atomic E-state index is 0.0341. The molecule has 1 aromatic heterocycles. The second kappa shape index (κ2) is 14.8. The number of nitriles is 1. The Hall–Kier alpha value is -2.98. The van der Waals surface area contributed by atoms with Gasteiger partial charge in [0.05, 0.1) is 28.5 Å². The van der Waals surface area contributed by atoms with Crippen molar-refractivity contribution in [2.45, 2.75) is 152 Å². The second-order valence-corrected chi connectivity index (χ2v) is 21.7. The summed E-state index contributed by atoms with van der Waals surface area (Å²) < 4.78 is 111. The first-order chi connectivity index (χ1) is 28.6. The van der Waals surface area contributed by atoms with E-state index in [-0.39, 0.29) is 57.4 Å². The standard InChI is InChI=1S/C44H57F6N7O3S/c1-21-15-28-27-12-9-23(52-27)19-57(28)43(40(2,3)4)33-29(21)32(44(48,49)50)31(34(47)35(33)53-38(55-43)59-20-42-13-8-14-56(42)18-22(45)16-42)24-10-11-26(46)36-30(24)25(17-51)37(61-36)54-39(58)60-41(5,6)7/h10-11,22-23,27-29,31-35,38,52-53,55H,1,8-9,12-16,18-20H2,2-7H3,(H,54,58)/t22-,23-,27+,28-,29?,31?,32?,33?,34?,35?,38?,42+,43?/m1/s1. The molecule has 334 valence electrons. The van der Waals surface area contributed by atoms with Gasteiger partial charge in [-0.15, -0.1) is 11.3 Å². The second-order valence-electron chi connectivity index (χ2n) is 20.7. The number of hydrogen-bond acceptors (Lipinski definition) is 10. The molecule has 1 aromatic carbocycles. The zero-order valence-electron chi connectivity index (χ0n) is 35.5. The van der Waals surface area contributed by atoms with E-state index in [1.165, 1.54) is 0 Å². The lowest BCUT2D eigenvalue weighted by Gasteiger charge is -2.67. The fourth-order valence-corrected chi connectivity index (χ4v) is 14.1. The highest BCUT2D eigenvalue weighted by Crippen LogP contribution is 2.64. The number of carbonyl (C=O) groups is 1. The van der Waals surface area contributed by atoms with Gasteiger partial charge in [0.2, 0.25) is 0 Å². The molecule has 8 unspecified atom stereocenters. The monoisotopic (exact) mass is 877 g/mol. The van der Waals surface area contributed by atoms with Crippen LogP contribution < -0.4 is 21.3 Å². The lowest BCUT2D eigenvalue weighted by molar-refractivity contribution is -0.256. The minimum Gasteiger partial charge on any atom is -0.444 e. The third kappa shape index (κ3) is 6.91. The summed E-state index contributed by atoms with van der Waals surface area (Å²) in [6, 6.07) is 2.70. The average Bonchev–Trinajstić information content (AvgIpc) is 3.89. The molecule has 0 spiro atoms. The van der Waals surface area contributed by atoms with Crippen LogP contribution in [0.1, 0.15) is 97.1 Å². The van der Waals surface area contributed by atoms with Crippen LogP contribution in [-0.4, -0.2) is 108 Å². The molecule has 0 radical (unpaired) electrons. The number of nitrogens with zero attached hydrogens (tertiary/aromatic N) is 3. The summed E-state index contributed by atoms with van der Waals surface area (Å²) in [7, 11) is 0. The van der Waals surface area contributed by atoms with E-state index in [2.05, 4.69) is 37.6 Å². The van der Waals surface area contributed by atoms with Crippen molar-refractivity contribution >= 4 is 32.5 Å². The van der Waals surface area contributed by atoms with Gasteiger partial charge in [0.1, 0.15) is 34.8 Å². The molecule has 2 aromatic rings. The van der Waals surface area contributed by atoms with Gasteiger partial charge in [-0.05, 0) is 82.4 Å². The number of alkyl halides is 5. The van der Waals surface area contributed by atoms with Gasteiger partial charge in [0.15, 0.2) is 6.35 Å². The van der Waals surface area contributed by atoms with E-state index in [0.29, 0.717) is 36.4 Å². The molecule has 10 nitrogen and oxygen atoms in total. The van der Waals surface area contributed by atoms with Crippen molar-refractivity contribution in [3.05, 3.63) is 41.2 Å². The van der Waals surface area contributed by atoms with Crippen LogP contribution in [0.5, 0.6) is 0 Å². The van der Waals surface area contributed by atoms with Gasteiger partial charge >= 0.3 is 12.3 Å². The van der Waals surface area contributed by atoms with Crippen LogP contribution in [0.15, 0.2) is 24.3 Å². The number of amides is 1. The Balaban J connectivity index is 1.22. The zero-order valence-corrected chi connectivity index (χ0v) is 36.3. The molecule has 2 bridgehead atoms. The van der Waals surface area contributed by atoms with Crippen molar-refractivity contribution in [1.29, 1.82) is 5.26 Å². The average molecular weight is 878 g/mol. The number of nitrogens with one attached hydrogen (secondary N) is 4. The number of hydrogen-bond donors (Lipinski definition) is 4. The van der Waals surface area contributed by atoms with Gasteiger partial charge in [-0.1, -0.05) is 39.0 Å². The molecular weight excluding hydrogens is 821 g/mol. The summed E-state index contributed by atoms with van der Waals surface area (Å²) in [4.78, 5) is 17.4. The molecule has 7 aliphatic rings. The van der Waals surface area contributed by atoms with Crippen LogP contribution in [0, 0.1) is 40.3 Å². The number of thiophene rings is 1. The van der Waals surface area contributed by atoms with Crippen molar-refractivity contribution in [1.82, 2.24) is 25.8 Å². The fraction of sp³-hybridized carbons (Fsp3) is 0.727. The molecule has 6 aliphatic heterocycles. The molecule has 9 rings (SSSR count). The summed E-state index contributed by atoms with van der Waals surface area (Å²) in [5.41, 5.74) is -3.63. The summed E-state index contributed by atoms with van der Waals surface area (Å²) in [6.45, 7) is 17.0. The van der Waals surface area contributed by atoms with Crippen molar-refractivity contribution in [3.63, 3.8) is 0 Å². The Morgan fingerprint density at radius 2 is 1.85 bits per heavy atom. The van der Waals surface area contributed by atoms with E-state index in [0.717, 1.165) is 44.4 Å². The van der Waals surface area contributed by atoms with Crippen LogP contribution in [0.4, 0.5) is 36.1 Å². The third-order valence-corrected chi connectivity index (χ3v) is 16.2. The predicted octanol–water partition coefficient (Wildman–Crippen LogP) is 8.05. The summed E-state index contributed by atoms with van der Waals surface area (Å²) in [5, 5.41) is 23.6. The summed E-state index contributed by atoms with van der Waals surface area (Å²) in [6.07, 6.45) is -6.32. The summed E-state index contributed by atoms with van der Waals surface area (Å²) in [5.74, 6) is -7.45. The lowest BCUT2D eigenvalue weighted by Crippen LogP contribution is -2.86. The Labute approximate surface area is 357 Å². The van der Waals surface area contributed by atoms with Gasteiger partial charge in [0.25, 0.3) is 0 Å².